The van der Waals surface area contributed by atoms with Gasteiger partial charge in [-0.25, -0.2) is 19.3 Å². The summed E-state index contributed by atoms with van der Waals surface area (Å²) >= 11 is 0. The highest BCUT2D eigenvalue weighted by Crippen LogP contribution is 2.37. The van der Waals surface area contributed by atoms with E-state index in [4.69, 9.17) is 4.74 Å². The van der Waals surface area contributed by atoms with Crippen LogP contribution in [-0.4, -0.2) is 38.5 Å². The number of imidazole rings is 1. The zero-order valence-corrected chi connectivity index (χ0v) is 18.5. The van der Waals surface area contributed by atoms with Crippen LogP contribution in [0.25, 0.3) is 22.4 Å². The van der Waals surface area contributed by atoms with Crippen molar-refractivity contribution in [2.75, 3.05) is 6.54 Å². The van der Waals surface area contributed by atoms with Crippen LogP contribution in [0.1, 0.15) is 29.2 Å². The van der Waals surface area contributed by atoms with Gasteiger partial charge in [0.25, 0.3) is 0 Å². The number of H-pyrrole nitrogens is 1. The number of hydrogen-bond acceptors (Lipinski definition) is 5. The van der Waals surface area contributed by atoms with Crippen LogP contribution in [0, 0.1) is 19.7 Å². The van der Waals surface area contributed by atoms with Gasteiger partial charge in [0, 0.05) is 30.7 Å². The van der Waals surface area contributed by atoms with Crippen molar-refractivity contribution in [2.45, 2.75) is 39.2 Å². The number of fused-ring (bicyclic) bond motifs is 2. The van der Waals surface area contributed by atoms with E-state index >= 15 is 0 Å². The van der Waals surface area contributed by atoms with Crippen molar-refractivity contribution in [3.8, 4) is 17.1 Å². The smallest absolute Gasteiger partial charge is 0.220 e. The molecule has 0 unspecified atom stereocenters. The molecule has 0 fully saturated rings. The van der Waals surface area contributed by atoms with Crippen LogP contribution in [0.2, 0.25) is 0 Å². The summed E-state index contributed by atoms with van der Waals surface area (Å²) in [7, 11) is 0. The quantitative estimate of drug-likeness (QED) is 0.471. The molecule has 0 radical (unpaired) electrons. The summed E-state index contributed by atoms with van der Waals surface area (Å²) < 4.78 is 19.5. The number of benzene rings is 2. The first-order valence-corrected chi connectivity index (χ1v) is 11.0. The standard InChI is InChI=1S/C25H24FN5O2/c1-14-10-15(2)29-25(28-14)19-5-3-4-16-11-18(33-24(16)19)13-27-23(32)9-8-22-30-20-7-6-17(26)12-21(20)31-22/h3-7,10,12,18H,8-9,11,13H2,1-2H3,(H,27,32)(H,30,31)/t18-/m1/s1. The Hall–Kier alpha value is -3.81. The molecule has 0 bridgehead atoms. The number of aromatic amines is 1. The van der Waals surface area contributed by atoms with Gasteiger partial charge in [0.1, 0.15) is 23.5 Å². The largest absolute Gasteiger partial charge is 0.487 e. The number of carbonyl (C=O) groups is 1. The van der Waals surface area contributed by atoms with Crippen molar-refractivity contribution in [3.05, 3.63) is 71.1 Å². The van der Waals surface area contributed by atoms with Crippen molar-refractivity contribution in [3.63, 3.8) is 0 Å². The van der Waals surface area contributed by atoms with Gasteiger partial charge in [-0.05, 0) is 49.7 Å². The topological polar surface area (TPSA) is 92.8 Å². The number of ether oxygens (including phenoxy) is 1. The molecule has 7 nitrogen and oxygen atoms in total. The minimum absolute atomic E-state index is 0.0842. The van der Waals surface area contributed by atoms with E-state index in [-0.39, 0.29) is 24.2 Å². The summed E-state index contributed by atoms with van der Waals surface area (Å²) in [5, 5.41) is 2.95. The highest BCUT2D eigenvalue weighted by atomic mass is 19.1. The molecule has 4 aromatic rings. The number of nitrogens with one attached hydrogen (secondary N) is 2. The number of carbonyl (C=O) groups excluding carboxylic acids is 1. The molecule has 2 aromatic carbocycles. The van der Waals surface area contributed by atoms with Crippen LogP contribution in [0.5, 0.6) is 5.75 Å². The van der Waals surface area contributed by atoms with E-state index < -0.39 is 0 Å². The van der Waals surface area contributed by atoms with E-state index in [1.165, 1.54) is 12.1 Å². The average molecular weight is 445 g/mol. The Morgan fingerprint density at radius 2 is 1.97 bits per heavy atom. The summed E-state index contributed by atoms with van der Waals surface area (Å²) in [4.78, 5) is 29.0. The van der Waals surface area contributed by atoms with E-state index in [9.17, 15) is 9.18 Å². The van der Waals surface area contributed by atoms with Crippen LogP contribution >= 0.6 is 0 Å². The maximum atomic E-state index is 13.3. The maximum Gasteiger partial charge on any atom is 0.220 e. The summed E-state index contributed by atoms with van der Waals surface area (Å²) in [5.74, 6) is 1.70. The fourth-order valence-electron chi connectivity index (χ4n) is 4.18. The van der Waals surface area contributed by atoms with Crippen molar-refractivity contribution in [2.24, 2.45) is 0 Å². The molecule has 1 atom stereocenters. The fourth-order valence-corrected chi connectivity index (χ4v) is 4.18. The van der Waals surface area contributed by atoms with Gasteiger partial charge >= 0.3 is 0 Å². The number of hydrogen-bond donors (Lipinski definition) is 2. The number of nitrogens with zero attached hydrogens (tertiary/aromatic N) is 3. The second-order valence-electron chi connectivity index (χ2n) is 8.36. The van der Waals surface area contributed by atoms with E-state index in [1.54, 1.807) is 6.07 Å². The number of aryl methyl sites for hydroxylation is 3. The molecule has 1 aliphatic heterocycles. The summed E-state index contributed by atoms with van der Waals surface area (Å²) in [6.07, 6.45) is 1.29. The first-order valence-electron chi connectivity index (χ1n) is 11.0. The van der Waals surface area contributed by atoms with Gasteiger partial charge in [-0.3, -0.25) is 4.79 Å². The highest BCUT2D eigenvalue weighted by molar-refractivity contribution is 5.77. The number of aromatic nitrogens is 4. The van der Waals surface area contributed by atoms with Crippen LogP contribution in [0.4, 0.5) is 4.39 Å². The Balaban J connectivity index is 1.18. The van der Waals surface area contributed by atoms with Gasteiger partial charge in [-0.2, -0.15) is 0 Å². The molecule has 2 aromatic heterocycles. The molecule has 33 heavy (non-hydrogen) atoms. The van der Waals surface area contributed by atoms with Gasteiger partial charge < -0.3 is 15.0 Å². The van der Waals surface area contributed by atoms with Crippen molar-refractivity contribution in [1.29, 1.82) is 0 Å². The molecule has 0 saturated carbocycles. The lowest BCUT2D eigenvalue weighted by atomic mass is 10.1. The molecular formula is C25H24FN5O2. The molecule has 2 N–H and O–H groups in total. The molecular weight excluding hydrogens is 421 g/mol. The van der Waals surface area contributed by atoms with Crippen molar-refractivity contribution >= 4 is 16.9 Å². The second-order valence-corrected chi connectivity index (χ2v) is 8.36. The normalized spacial score (nSPS) is 14.8. The van der Waals surface area contributed by atoms with E-state index in [2.05, 4.69) is 25.3 Å². The Morgan fingerprint density at radius 3 is 2.79 bits per heavy atom. The van der Waals surface area contributed by atoms with Gasteiger partial charge in [-0.1, -0.05) is 12.1 Å². The Morgan fingerprint density at radius 1 is 1.15 bits per heavy atom. The molecule has 1 amide bonds. The first-order chi connectivity index (χ1) is 15.9. The van der Waals surface area contributed by atoms with E-state index in [0.29, 0.717) is 42.1 Å². The first kappa shape index (κ1) is 21.1. The van der Waals surface area contributed by atoms with E-state index in [0.717, 1.165) is 28.3 Å². The van der Waals surface area contributed by atoms with Crippen molar-refractivity contribution < 1.29 is 13.9 Å². The lowest BCUT2D eigenvalue weighted by molar-refractivity contribution is -0.121. The fraction of sp³-hybridized carbons (Fsp3) is 0.280. The third kappa shape index (κ3) is 4.55. The summed E-state index contributed by atoms with van der Waals surface area (Å²) in [6, 6.07) is 12.3. The minimum Gasteiger partial charge on any atom is -0.487 e. The third-order valence-electron chi connectivity index (χ3n) is 5.66. The minimum atomic E-state index is -0.319. The Labute approximate surface area is 190 Å². The predicted molar refractivity (Wildman–Crippen MR) is 122 cm³/mol. The van der Waals surface area contributed by atoms with Crippen LogP contribution in [0.3, 0.4) is 0 Å². The molecule has 0 saturated heterocycles. The zero-order valence-electron chi connectivity index (χ0n) is 18.5. The predicted octanol–water partition coefficient (Wildman–Crippen LogP) is 3.83. The van der Waals surface area contributed by atoms with Crippen LogP contribution in [-0.2, 0) is 17.6 Å². The Kier molecular flexibility index (Phi) is 5.50. The molecule has 3 heterocycles. The van der Waals surface area contributed by atoms with Gasteiger partial charge in [0.2, 0.25) is 5.91 Å². The monoisotopic (exact) mass is 445 g/mol. The van der Waals surface area contributed by atoms with Gasteiger partial charge in [-0.15, -0.1) is 0 Å². The highest BCUT2D eigenvalue weighted by Gasteiger charge is 2.27. The number of halogens is 1. The molecule has 5 rings (SSSR count). The van der Waals surface area contributed by atoms with Gasteiger partial charge in [0.15, 0.2) is 5.82 Å². The molecule has 168 valence electrons. The number of para-hydroxylation sites is 1. The number of amides is 1. The summed E-state index contributed by atoms with van der Waals surface area (Å²) in [6.45, 7) is 4.31. The molecule has 1 aliphatic rings. The maximum absolute atomic E-state index is 13.3. The van der Waals surface area contributed by atoms with Gasteiger partial charge in [0.05, 0.1) is 23.1 Å². The number of rotatable bonds is 6. The molecule has 8 heteroatoms. The Bertz CT molecular complexity index is 1330. The average Bonchev–Trinajstić information content (AvgIpc) is 3.38. The third-order valence-corrected chi connectivity index (χ3v) is 5.66. The molecule has 0 aliphatic carbocycles. The lowest BCUT2D eigenvalue weighted by Crippen LogP contribution is -2.34. The SMILES string of the molecule is Cc1cc(C)nc(-c2cccc3c2O[C@@H](CNC(=O)CCc2nc4ccc(F)cc4[nH]2)C3)n1. The second kappa shape index (κ2) is 8.61. The van der Waals surface area contributed by atoms with Crippen molar-refractivity contribution in [1.82, 2.24) is 25.3 Å². The van der Waals surface area contributed by atoms with Crippen LogP contribution in [0.15, 0.2) is 42.5 Å². The molecule has 0 spiro atoms. The lowest BCUT2D eigenvalue weighted by Gasteiger charge is -2.13. The van der Waals surface area contributed by atoms with Crippen LogP contribution < -0.4 is 10.1 Å². The zero-order chi connectivity index (χ0) is 22.9. The summed E-state index contributed by atoms with van der Waals surface area (Å²) in [5.41, 5.74) is 5.09. The van der Waals surface area contributed by atoms with E-state index in [1.807, 2.05) is 38.1 Å².